The topological polar surface area (TPSA) is 97.1 Å². The Labute approximate surface area is 105 Å². The average Bonchev–Trinajstić information content (AvgIpc) is 2.35. The van der Waals surface area contributed by atoms with Gasteiger partial charge in [0.1, 0.15) is 10.7 Å². The predicted octanol–water partition coefficient (Wildman–Crippen LogP) is 0.399. The molecule has 0 spiro atoms. The van der Waals surface area contributed by atoms with E-state index in [2.05, 4.69) is 15.1 Å². The van der Waals surface area contributed by atoms with Crippen LogP contribution < -0.4 is 16.0 Å². The van der Waals surface area contributed by atoms with Gasteiger partial charge in [-0.05, 0) is 30.6 Å². The number of anilines is 1. The summed E-state index contributed by atoms with van der Waals surface area (Å²) in [5.41, 5.74) is 2.34. The zero-order valence-electron chi connectivity index (χ0n) is 9.51. The fourth-order valence-corrected chi connectivity index (χ4v) is 2.58. The van der Waals surface area contributed by atoms with E-state index in [1.165, 1.54) is 18.3 Å². The van der Waals surface area contributed by atoms with E-state index in [0.29, 0.717) is 12.4 Å². The highest BCUT2D eigenvalue weighted by molar-refractivity contribution is 7.98. The van der Waals surface area contributed by atoms with Crippen LogP contribution in [-0.2, 0) is 10.0 Å². The molecule has 0 fully saturated rings. The van der Waals surface area contributed by atoms with Crippen LogP contribution >= 0.6 is 11.8 Å². The van der Waals surface area contributed by atoms with Crippen LogP contribution in [0.4, 0.5) is 5.82 Å². The molecule has 0 aliphatic rings. The van der Waals surface area contributed by atoms with E-state index in [1.54, 1.807) is 11.8 Å². The molecular formula is C9H16N4O2S2. The van der Waals surface area contributed by atoms with Crippen LogP contribution in [0.2, 0.25) is 0 Å². The fraction of sp³-hybridized carbons (Fsp3) is 0.444. The Morgan fingerprint density at radius 2 is 2.24 bits per heavy atom. The van der Waals surface area contributed by atoms with Gasteiger partial charge in [-0.1, -0.05) is 0 Å². The van der Waals surface area contributed by atoms with E-state index in [0.717, 1.165) is 12.2 Å². The number of hydrazine groups is 1. The molecule has 17 heavy (non-hydrogen) atoms. The average molecular weight is 276 g/mol. The van der Waals surface area contributed by atoms with E-state index in [1.807, 2.05) is 6.26 Å². The van der Waals surface area contributed by atoms with Gasteiger partial charge in [-0.2, -0.15) is 11.8 Å². The molecule has 1 aromatic rings. The minimum atomic E-state index is -3.46. The van der Waals surface area contributed by atoms with E-state index < -0.39 is 10.0 Å². The van der Waals surface area contributed by atoms with Crippen molar-refractivity contribution >= 4 is 27.6 Å². The van der Waals surface area contributed by atoms with E-state index in [-0.39, 0.29) is 4.90 Å². The minimum absolute atomic E-state index is 0.139. The van der Waals surface area contributed by atoms with Crippen LogP contribution in [0.15, 0.2) is 23.2 Å². The fourth-order valence-electron chi connectivity index (χ4n) is 1.13. The minimum Gasteiger partial charge on any atom is -0.308 e. The number of pyridine rings is 1. The van der Waals surface area contributed by atoms with Crippen LogP contribution in [0.25, 0.3) is 0 Å². The van der Waals surface area contributed by atoms with Gasteiger partial charge >= 0.3 is 0 Å². The van der Waals surface area contributed by atoms with Crippen molar-refractivity contribution in [1.29, 1.82) is 0 Å². The molecule has 0 aromatic carbocycles. The Hall–Kier alpha value is -0.830. The standard InChI is InChI=1S/C9H16N4O2S2/c1-16-6-2-5-12-17(14,15)8-3-4-9(13-10)11-7-8/h3-4,7,12H,2,5-6,10H2,1H3,(H,11,13). The van der Waals surface area contributed by atoms with E-state index in [4.69, 9.17) is 5.84 Å². The largest absolute Gasteiger partial charge is 0.308 e. The number of thioether (sulfide) groups is 1. The van der Waals surface area contributed by atoms with Crippen molar-refractivity contribution in [1.82, 2.24) is 9.71 Å². The van der Waals surface area contributed by atoms with Gasteiger partial charge in [0.15, 0.2) is 0 Å². The maximum Gasteiger partial charge on any atom is 0.242 e. The number of rotatable bonds is 7. The first-order valence-corrected chi connectivity index (χ1v) is 7.89. The lowest BCUT2D eigenvalue weighted by Crippen LogP contribution is -2.25. The Morgan fingerprint density at radius 1 is 1.47 bits per heavy atom. The molecule has 1 rings (SSSR count). The van der Waals surface area contributed by atoms with Gasteiger partial charge in [0.2, 0.25) is 10.0 Å². The molecule has 1 aromatic heterocycles. The van der Waals surface area contributed by atoms with Crippen LogP contribution in [0, 0.1) is 0 Å². The summed E-state index contributed by atoms with van der Waals surface area (Å²) in [6.07, 6.45) is 4.05. The molecule has 4 N–H and O–H groups in total. The molecule has 0 saturated heterocycles. The lowest BCUT2D eigenvalue weighted by atomic mass is 10.5. The molecule has 1 heterocycles. The highest BCUT2D eigenvalue weighted by Gasteiger charge is 2.13. The van der Waals surface area contributed by atoms with E-state index in [9.17, 15) is 8.42 Å². The number of aromatic nitrogens is 1. The van der Waals surface area contributed by atoms with E-state index >= 15 is 0 Å². The molecule has 6 nitrogen and oxygen atoms in total. The Kier molecular flexibility index (Phi) is 5.69. The number of hydrogen-bond acceptors (Lipinski definition) is 6. The third-order valence-electron chi connectivity index (χ3n) is 2.01. The number of nitrogens with one attached hydrogen (secondary N) is 2. The Morgan fingerprint density at radius 3 is 2.76 bits per heavy atom. The molecule has 0 aliphatic heterocycles. The first-order valence-electron chi connectivity index (χ1n) is 5.01. The summed E-state index contributed by atoms with van der Waals surface area (Å²) >= 11 is 1.68. The molecule has 8 heteroatoms. The van der Waals surface area contributed by atoms with Gasteiger partial charge in [-0.15, -0.1) is 0 Å². The van der Waals surface area contributed by atoms with Crippen molar-refractivity contribution in [2.75, 3.05) is 24.0 Å². The zero-order valence-corrected chi connectivity index (χ0v) is 11.1. The predicted molar refractivity (Wildman–Crippen MR) is 70.2 cm³/mol. The molecular weight excluding hydrogens is 260 g/mol. The van der Waals surface area contributed by atoms with Crippen molar-refractivity contribution in [3.8, 4) is 0 Å². The van der Waals surface area contributed by atoms with Gasteiger partial charge in [0.25, 0.3) is 0 Å². The van der Waals surface area contributed by atoms with Crippen LogP contribution in [0.5, 0.6) is 0 Å². The molecule has 0 aliphatic carbocycles. The highest BCUT2D eigenvalue weighted by atomic mass is 32.2. The van der Waals surface area contributed by atoms with Crippen molar-refractivity contribution < 1.29 is 8.42 Å². The quantitative estimate of drug-likeness (QED) is 0.379. The Bertz CT molecular complexity index is 433. The van der Waals surface area contributed by atoms with Gasteiger partial charge < -0.3 is 5.43 Å². The van der Waals surface area contributed by atoms with Gasteiger partial charge in [0.05, 0.1) is 0 Å². The van der Waals surface area contributed by atoms with Crippen molar-refractivity contribution in [2.24, 2.45) is 5.84 Å². The zero-order chi connectivity index (χ0) is 12.7. The number of hydrogen-bond donors (Lipinski definition) is 3. The molecule has 0 bridgehead atoms. The SMILES string of the molecule is CSCCCNS(=O)(=O)c1ccc(NN)nc1. The third-order valence-corrected chi connectivity index (χ3v) is 4.16. The third kappa shape index (κ3) is 4.50. The maximum atomic E-state index is 11.8. The second-order valence-corrected chi connectivity index (χ2v) is 6.02. The summed E-state index contributed by atoms with van der Waals surface area (Å²) in [5, 5.41) is 0. The van der Waals surface area contributed by atoms with Crippen LogP contribution in [0.3, 0.4) is 0 Å². The van der Waals surface area contributed by atoms with Gasteiger partial charge in [-0.25, -0.2) is 24.0 Å². The summed E-state index contributed by atoms with van der Waals surface area (Å²) < 4.78 is 26.1. The van der Waals surface area contributed by atoms with Crippen molar-refractivity contribution in [3.63, 3.8) is 0 Å². The lowest BCUT2D eigenvalue weighted by molar-refractivity contribution is 0.580. The number of nitrogens with two attached hydrogens (primary N) is 1. The number of nitrogens with zero attached hydrogens (tertiary/aromatic N) is 1. The van der Waals surface area contributed by atoms with Gasteiger partial charge in [-0.3, -0.25) is 0 Å². The summed E-state index contributed by atoms with van der Waals surface area (Å²) in [4.78, 5) is 3.99. The molecule has 0 atom stereocenters. The van der Waals surface area contributed by atoms with Gasteiger partial charge in [0, 0.05) is 12.7 Å². The monoisotopic (exact) mass is 276 g/mol. The summed E-state index contributed by atoms with van der Waals surface area (Å²) in [5.74, 6) is 6.49. The summed E-state index contributed by atoms with van der Waals surface area (Å²) in [7, 11) is -3.46. The van der Waals surface area contributed by atoms with Crippen molar-refractivity contribution in [2.45, 2.75) is 11.3 Å². The van der Waals surface area contributed by atoms with Crippen molar-refractivity contribution in [3.05, 3.63) is 18.3 Å². The molecule has 0 amide bonds. The number of nitrogen functional groups attached to an aromatic ring is 1. The number of sulfonamides is 1. The first-order chi connectivity index (χ1) is 8.10. The second-order valence-electron chi connectivity index (χ2n) is 3.27. The maximum absolute atomic E-state index is 11.8. The first kappa shape index (κ1) is 14.2. The molecule has 96 valence electrons. The highest BCUT2D eigenvalue weighted by Crippen LogP contribution is 2.09. The summed E-state index contributed by atoms with van der Waals surface area (Å²) in [6.45, 7) is 0.431. The van der Waals surface area contributed by atoms with Crippen LogP contribution in [0.1, 0.15) is 6.42 Å². The smallest absolute Gasteiger partial charge is 0.242 e. The second kappa shape index (κ2) is 6.80. The molecule has 0 unspecified atom stereocenters. The molecule has 0 radical (unpaired) electrons. The Balaban J connectivity index is 2.62. The normalized spacial score (nSPS) is 11.4. The summed E-state index contributed by atoms with van der Waals surface area (Å²) in [6, 6.07) is 2.97. The van der Waals surface area contributed by atoms with Crippen LogP contribution in [-0.4, -0.2) is 32.0 Å². The lowest BCUT2D eigenvalue weighted by Gasteiger charge is -2.06. The molecule has 0 saturated carbocycles.